The lowest BCUT2D eigenvalue weighted by molar-refractivity contribution is -0.132. The quantitative estimate of drug-likeness (QED) is 0.412. The molecule has 3 nitrogen and oxygen atoms in total. The lowest BCUT2D eigenvalue weighted by Gasteiger charge is -2.03. The largest absolute Gasteiger partial charge is 0.478 e. The molecule has 0 aromatic rings. The number of hydrogen-bond acceptors (Lipinski definition) is 2. The predicted octanol–water partition coefficient (Wildman–Crippen LogP) is 3.75. The highest BCUT2D eigenvalue weighted by Crippen LogP contribution is 2.07. The molecule has 2 N–H and O–H groups in total. The Morgan fingerprint density at radius 1 is 1.06 bits per heavy atom. The lowest BCUT2D eigenvalue weighted by Crippen LogP contribution is -2.16. The summed E-state index contributed by atoms with van der Waals surface area (Å²) in [5, 5.41) is 11.9. The van der Waals surface area contributed by atoms with Crippen molar-refractivity contribution in [3.05, 3.63) is 11.6 Å². The molecule has 0 bridgehead atoms. The van der Waals surface area contributed by atoms with Crippen molar-refractivity contribution >= 4 is 5.97 Å². The average molecular weight is 255 g/mol. The van der Waals surface area contributed by atoms with Crippen LogP contribution in [0.3, 0.4) is 0 Å². The van der Waals surface area contributed by atoms with Crippen LogP contribution in [0.2, 0.25) is 0 Å². The molecule has 0 amide bonds. The summed E-state index contributed by atoms with van der Waals surface area (Å²) in [4.78, 5) is 10.5. The summed E-state index contributed by atoms with van der Waals surface area (Å²) in [7, 11) is 0. The van der Waals surface area contributed by atoms with Gasteiger partial charge in [-0.25, -0.2) is 4.79 Å². The van der Waals surface area contributed by atoms with Crippen LogP contribution < -0.4 is 5.32 Å². The van der Waals surface area contributed by atoms with Crippen molar-refractivity contribution in [3.8, 4) is 0 Å². The Bertz CT molecular complexity index is 237. The Balaban J connectivity index is 3.17. The van der Waals surface area contributed by atoms with E-state index in [0.29, 0.717) is 12.1 Å². The molecule has 0 saturated carbocycles. The van der Waals surface area contributed by atoms with Crippen molar-refractivity contribution in [1.29, 1.82) is 0 Å². The Kier molecular flexibility index (Phi) is 12.0. The third-order valence-corrected chi connectivity index (χ3v) is 3.10. The number of nitrogens with one attached hydrogen (secondary N) is 1. The first-order valence-electron chi connectivity index (χ1n) is 7.29. The van der Waals surface area contributed by atoms with E-state index < -0.39 is 5.97 Å². The van der Waals surface area contributed by atoms with Crippen molar-refractivity contribution < 1.29 is 9.90 Å². The molecule has 0 heterocycles. The maximum Gasteiger partial charge on any atom is 0.330 e. The van der Waals surface area contributed by atoms with E-state index in [0.717, 1.165) is 6.54 Å². The van der Waals surface area contributed by atoms with E-state index in [1.165, 1.54) is 51.4 Å². The molecule has 0 radical (unpaired) electrons. The van der Waals surface area contributed by atoms with E-state index in [4.69, 9.17) is 5.11 Å². The normalized spacial score (nSPS) is 11.8. The van der Waals surface area contributed by atoms with E-state index in [1.54, 1.807) is 13.0 Å². The standard InChI is InChI=1S/C15H29NO2/c1-3-4-5-6-7-8-9-10-12-16-13-11-14(2)15(17)18/h11,16H,3-10,12-13H2,1-2H3,(H,17,18)/b14-11-. The van der Waals surface area contributed by atoms with Gasteiger partial charge in [0.2, 0.25) is 0 Å². The molecule has 18 heavy (non-hydrogen) atoms. The van der Waals surface area contributed by atoms with Crippen LogP contribution >= 0.6 is 0 Å². The topological polar surface area (TPSA) is 49.3 Å². The van der Waals surface area contributed by atoms with Gasteiger partial charge in [0.25, 0.3) is 0 Å². The molecule has 0 aromatic heterocycles. The lowest BCUT2D eigenvalue weighted by atomic mass is 10.1. The van der Waals surface area contributed by atoms with Crippen LogP contribution in [0, 0.1) is 0 Å². The van der Waals surface area contributed by atoms with Crippen molar-refractivity contribution in [3.63, 3.8) is 0 Å². The van der Waals surface area contributed by atoms with Crippen LogP contribution in [-0.2, 0) is 4.79 Å². The minimum atomic E-state index is -0.830. The second-order valence-corrected chi connectivity index (χ2v) is 4.87. The van der Waals surface area contributed by atoms with E-state index >= 15 is 0 Å². The summed E-state index contributed by atoms with van der Waals surface area (Å²) in [6.45, 7) is 5.51. The summed E-state index contributed by atoms with van der Waals surface area (Å²) in [6.07, 6.45) is 12.3. The van der Waals surface area contributed by atoms with Gasteiger partial charge < -0.3 is 10.4 Å². The van der Waals surface area contributed by atoms with Crippen molar-refractivity contribution in [2.24, 2.45) is 0 Å². The molecule has 0 unspecified atom stereocenters. The van der Waals surface area contributed by atoms with E-state index in [9.17, 15) is 4.79 Å². The van der Waals surface area contributed by atoms with Gasteiger partial charge in [0.05, 0.1) is 0 Å². The monoisotopic (exact) mass is 255 g/mol. The molecule has 0 aliphatic carbocycles. The molecule has 0 fully saturated rings. The molecule has 106 valence electrons. The number of carbonyl (C=O) groups is 1. The molecule has 0 atom stereocenters. The summed E-state index contributed by atoms with van der Waals surface area (Å²) in [5.41, 5.74) is 0.415. The molecule has 0 spiro atoms. The zero-order valence-electron chi connectivity index (χ0n) is 12.0. The zero-order valence-corrected chi connectivity index (χ0v) is 12.0. The molecule has 0 aromatic carbocycles. The van der Waals surface area contributed by atoms with Crippen LogP contribution in [0.1, 0.15) is 65.2 Å². The van der Waals surface area contributed by atoms with Gasteiger partial charge in [-0.2, -0.15) is 0 Å². The number of carboxylic acid groups (broad SMARTS) is 1. The predicted molar refractivity (Wildman–Crippen MR) is 76.9 cm³/mol. The number of unbranched alkanes of at least 4 members (excludes halogenated alkanes) is 7. The highest BCUT2D eigenvalue weighted by atomic mass is 16.4. The first kappa shape index (κ1) is 17.2. The molecular weight excluding hydrogens is 226 g/mol. The first-order chi connectivity index (χ1) is 8.68. The first-order valence-corrected chi connectivity index (χ1v) is 7.29. The van der Waals surface area contributed by atoms with Crippen LogP contribution in [0.15, 0.2) is 11.6 Å². The zero-order chi connectivity index (χ0) is 13.6. The molecule has 0 aliphatic heterocycles. The maximum absolute atomic E-state index is 10.5. The smallest absolute Gasteiger partial charge is 0.330 e. The SMILES string of the molecule is CCCCCCCCCCNC/C=C(/C)C(=O)O. The fourth-order valence-electron chi connectivity index (χ4n) is 1.80. The van der Waals surface area contributed by atoms with Gasteiger partial charge in [-0.05, 0) is 19.9 Å². The van der Waals surface area contributed by atoms with Gasteiger partial charge in [0.1, 0.15) is 0 Å². The van der Waals surface area contributed by atoms with Crippen LogP contribution in [0.25, 0.3) is 0 Å². The fraction of sp³-hybridized carbons (Fsp3) is 0.800. The molecule has 3 heteroatoms. The van der Waals surface area contributed by atoms with Crippen LogP contribution in [-0.4, -0.2) is 24.2 Å². The second kappa shape index (κ2) is 12.6. The Morgan fingerprint density at radius 3 is 2.17 bits per heavy atom. The van der Waals surface area contributed by atoms with Gasteiger partial charge in [0.15, 0.2) is 0 Å². The summed E-state index contributed by atoms with van der Waals surface area (Å²) >= 11 is 0. The minimum Gasteiger partial charge on any atom is -0.478 e. The van der Waals surface area contributed by atoms with Gasteiger partial charge in [-0.3, -0.25) is 0 Å². The van der Waals surface area contributed by atoms with Gasteiger partial charge in [-0.15, -0.1) is 0 Å². The molecule has 0 saturated heterocycles. The highest BCUT2D eigenvalue weighted by molar-refractivity contribution is 5.85. The third-order valence-electron chi connectivity index (χ3n) is 3.10. The fourth-order valence-corrected chi connectivity index (χ4v) is 1.80. The molecular formula is C15H29NO2. The van der Waals surface area contributed by atoms with Crippen molar-refractivity contribution in [2.75, 3.05) is 13.1 Å². The number of hydrogen-bond donors (Lipinski definition) is 2. The van der Waals surface area contributed by atoms with Crippen molar-refractivity contribution in [2.45, 2.75) is 65.2 Å². The number of carboxylic acids is 1. The summed E-state index contributed by atoms with van der Waals surface area (Å²) < 4.78 is 0. The van der Waals surface area contributed by atoms with Crippen LogP contribution in [0.5, 0.6) is 0 Å². The molecule has 0 rings (SSSR count). The van der Waals surface area contributed by atoms with E-state index in [2.05, 4.69) is 12.2 Å². The maximum atomic E-state index is 10.5. The second-order valence-electron chi connectivity index (χ2n) is 4.87. The Hall–Kier alpha value is -0.830. The summed E-state index contributed by atoms with van der Waals surface area (Å²) in [6, 6.07) is 0. The van der Waals surface area contributed by atoms with Gasteiger partial charge in [0, 0.05) is 12.1 Å². The van der Waals surface area contributed by atoms with Crippen LogP contribution in [0.4, 0.5) is 0 Å². The third kappa shape index (κ3) is 11.6. The summed E-state index contributed by atoms with van der Waals surface area (Å²) in [5.74, 6) is -0.830. The minimum absolute atomic E-state index is 0.415. The van der Waals surface area contributed by atoms with Crippen molar-refractivity contribution in [1.82, 2.24) is 5.32 Å². The van der Waals surface area contributed by atoms with Gasteiger partial charge in [-0.1, -0.05) is 57.9 Å². The Labute approximate surface area is 112 Å². The van der Waals surface area contributed by atoms with E-state index in [-0.39, 0.29) is 0 Å². The van der Waals surface area contributed by atoms with Gasteiger partial charge >= 0.3 is 5.97 Å². The number of rotatable bonds is 12. The van der Waals surface area contributed by atoms with E-state index in [1.807, 2.05) is 0 Å². The Morgan fingerprint density at radius 2 is 1.61 bits per heavy atom. The highest BCUT2D eigenvalue weighted by Gasteiger charge is 1.97. The molecule has 0 aliphatic rings. The number of aliphatic carboxylic acids is 1. The average Bonchev–Trinajstić information content (AvgIpc) is 2.35.